The fourth-order valence-corrected chi connectivity index (χ4v) is 8.32. The van der Waals surface area contributed by atoms with E-state index in [4.69, 9.17) is 19.7 Å². The first-order valence-electron chi connectivity index (χ1n) is 22.0. The van der Waals surface area contributed by atoms with Gasteiger partial charge in [-0.3, -0.25) is 0 Å². The molecule has 0 amide bonds. The molecule has 3 heterocycles. The second kappa shape index (κ2) is 22.5. The van der Waals surface area contributed by atoms with Gasteiger partial charge in [0.15, 0.2) is 17.9 Å². The Morgan fingerprint density at radius 3 is 2.14 bits per heavy atom. The number of aliphatic imine (C=N–C) groups is 1. The third-order valence-corrected chi connectivity index (χ3v) is 11.5. The van der Waals surface area contributed by atoms with E-state index in [9.17, 15) is 0 Å². The van der Waals surface area contributed by atoms with Crippen LogP contribution in [0.2, 0.25) is 0 Å². The number of aromatic nitrogens is 4. The fourth-order valence-electron chi connectivity index (χ4n) is 7.25. The van der Waals surface area contributed by atoms with E-state index < -0.39 is 0 Å². The third kappa shape index (κ3) is 12.6. The predicted molar refractivity (Wildman–Crippen MR) is 249 cm³/mol. The molecule has 2 aromatic heterocycles. The van der Waals surface area contributed by atoms with E-state index in [1.807, 2.05) is 52.7 Å². The van der Waals surface area contributed by atoms with Crippen molar-refractivity contribution >= 4 is 41.3 Å². The van der Waals surface area contributed by atoms with Gasteiger partial charge < -0.3 is 14.4 Å². The molecular weight excluding hydrogens is 749 g/mol. The monoisotopic (exact) mass is 812 g/mol. The zero-order chi connectivity index (χ0) is 41.3. The van der Waals surface area contributed by atoms with Gasteiger partial charge in [-0.25, -0.2) is 4.99 Å². The van der Waals surface area contributed by atoms with Crippen molar-refractivity contribution in [3.8, 4) is 28.4 Å². The van der Waals surface area contributed by atoms with Gasteiger partial charge in [0.2, 0.25) is 0 Å². The van der Waals surface area contributed by atoms with E-state index >= 15 is 0 Å². The molecule has 0 aliphatic carbocycles. The minimum atomic E-state index is 0.138. The molecule has 0 bridgehead atoms. The van der Waals surface area contributed by atoms with Crippen LogP contribution < -0.4 is 14.9 Å². The normalized spacial score (nSPS) is 14.2. The second-order valence-electron chi connectivity index (χ2n) is 16.7. The van der Waals surface area contributed by atoms with Gasteiger partial charge in [-0.2, -0.15) is 9.61 Å². The summed E-state index contributed by atoms with van der Waals surface area (Å²) in [5.74, 6) is 1.42. The van der Waals surface area contributed by atoms with E-state index in [-0.39, 0.29) is 5.41 Å². The highest BCUT2D eigenvalue weighted by atomic mass is 32.2. The Labute approximate surface area is 356 Å². The summed E-state index contributed by atoms with van der Waals surface area (Å²) in [7, 11) is 0. The van der Waals surface area contributed by atoms with Crippen molar-refractivity contribution in [1.29, 1.82) is 0 Å². The summed E-state index contributed by atoms with van der Waals surface area (Å²) in [6.07, 6.45) is 26.6. The summed E-state index contributed by atoms with van der Waals surface area (Å²) in [5.41, 5.74) is 5.56. The van der Waals surface area contributed by atoms with Gasteiger partial charge in [-0.05, 0) is 66.8 Å². The maximum atomic E-state index is 6.20. The molecule has 0 spiro atoms. The molecule has 9 heteroatoms. The van der Waals surface area contributed by atoms with Crippen LogP contribution in [0.5, 0.6) is 5.75 Å². The number of anilines is 1. The Bertz CT molecular complexity index is 2200. The average Bonchev–Trinajstić information content (AvgIpc) is 3.92. The SMILES string of the molecule is CCCCCCCCCCCCCOC=Nc1ccc(-c2nn3c(-c4ccccc4OCCCC)nnc3\c2=C/C=C/C=C2\Sc3ccccc3N2CC(C)(C)C)cc1. The number of benzene rings is 3. The van der Waals surface area contributed by atoms with Gasteiger partial charge in [0.25, 0.3) is 0 Å². The van der Waals surface area contributed by atoms with Crippen LogP contribution in [0.15, 0.2) is 106 Å². The molecule has 6 rings (SSSR count). The van der Waals surface area contributed by atoms with E-state index in [2.05, 4.69) is 110 Å². The zero-order valence-electron chi connectivity index (χ0n) is 36.0. The van der Waals surface area contributed by atoms with Crippen LogP contribution in [0.4, 0.5) is 11.4 Å². The van der Waals surface area contributed by atoms with Crippen molar-refractivity contribution in [2.24, 2.45) is 10.4 Å². The predicted octanol–water partition coefficient (Wildman–Crippen LogP) is 13.2. The molecule has 1 aliphatic heterocycles. The lowest BCUT2D eigenvalue weighted by molar-refractivity contribution is 0.306. The minimum Gasteiger partial charge on any atom is -0.493 e. The van der Waals surface area contributed by atoms with Crippen molar-refractivity contribution in [3.63, 3.8) is 0 Å². The quantitative estimate of drug-likeness (QED) is 0.0369. The van der Waals surface area contributed by atoms with Crippen LogP contribution in [0.25, 0.3) is 34.4 Å². The number of para-hydroxylation sites is 2. The van der Waals surface area contributed by atoms with Gasteiger partial charge in [-0.15, -0.1) is 10.2 Å². The number of thioether (sulfide) groups is 1. The molecule has 0 unspecified atom stereocenters. The fraction of sp³-hybridized carbons (Fsp3) is 0.440. The van der Waals surface area contributed by atoms with Gasteiger partial charge in [0.05, 0.1) is 35.2 Å². The molecule has 5 aromatic rings. The maximum absolute atomic E-state index is 6.20. The lowest BCUT2D eigenvalue weighted by Gasteiger charge is -2.28. The minimum absolute atomic E-state index is 0.138. The van der Waals surface area contributed by atoms with E-state index in [0.717, 1.165) is 59.3 Å². The zero-order valence-corrected chi connectivity index (χ0v) is 36.9. The van der Waals surface area contributed by atoms with Crippen molar-refractivity contribution in [3.05, 3.63) is 101 Å². The molecule has 0 radical (unpaired) electrons. The first-order valence-corrected chi connectivity index (χ1v) is 22.8. The van der Waals surface area contributed by atoms with Crippen LogP contribution in [0.1, 0.15) is 118 Å². The maximum Gasteiger partial charge on any atom is 0.189 e. The van der Waals surface area contributed by atoms with Crippen molar-refractivity contribution in [2.75, 3.05) is 24.7 Å². The highest BCUT2D eigenvalue weighted by molar-refractivity contribution is 8.03. The van der Waals surface area contributed by atoms with Gasteiger partial charge in [-0.1, -0.05) is 166 Å². The second-order valence-corrected chi connectivity index (χ2v) is 17.7. The summed E-state index contributed by atoms with van der Waals surface area (Å²) in [6.45, 7) is 13.6. The summed E-state index contributed by atoms with van der Waals surface area (Å²) in [6, 6.07) is 24.8. The molecule has 8 nitrogen and oxygen atoms in total. The number of hydrogen-bond acceptors (Lipinski definition) is 8. The van der Waals surface area contributed by atoms with Crippen molar-refractivity contribution in [1.82, 2.24) is 19.8 Å². The van der Waals surface area contributed by atoms with Crippen molar-refractivity contribution < 1.29 is 9.47 Å². The summed E-state index contributed by atoms with van der Waals surface area (Å²) in [4.78, 5) is 8.29. The molecule has 0 N–H and O–H groups in total. The smallest absolute Gasteiger partial charge is 0.189 e. The Kier molecular flexibility index (Phi) is 16.6. The lowest BCUT2D eigenvalue weighted by atomic mass is 9.96. The van der Waals surface area contributed by atoms with Gasteiger partial charge >= 0.3 is 0 Å². The van der Waals surface area contributed by atoms with Crippen LogP contribution in [0.3, 0.4) is 0 Å². The number of nitrogens with zero attached hydrogens (tertiary/aromatic N) is 6. The van der Waals surface area contributed by atoms with E-state index in [1.165, 1.54) is 79.8 Å². The first kappa shape index (κ1) is 43.7. The van der Waals surface area contributed by atoms with Crippen LogP contribution in [0, 0.1) is 5.41 Å². The number of unbranched alkanes of at least 4 members (excludes halogenated alkanes) is 11. The standard InChI is InChI=1S/C50H64N6O2S/c1-6-8-10-11-12-13-14-15-16-17-24-35-57-38-51-40-33-31-39(32-34-40)47-42(26-19-23-30-46-55(37-50(3,4)5)43-27-20-22-29-45(43)59-46)49-53-52-48(56(49)54-47)41-25-18-21-28-44(41)58-36-9-7-2/h18-23,25-34,38H,6-17,24,35-37H2,1-5H3/b23-19+,42-26-,46-30-,51-38?. The Balaban J connectivity index is 1.18. The van der Waals surface area contributed by atoms with Crippen LogP contribution in [-0.4, -0.2) is 46.0 Å². The van der Waals surface area contributed by atoms with Gasteiger partial charge in [0.1, 0.15) is 11.4 Å². The van der Waals surface area contributed by atoms with E-state index in [1.54, 1.807) is 6.40 Å². The highest BCUT2D eigenvalue weighted by Crippen LogP contribution is 2.47. The van der Waals surface area contributed by atoms with Gasteiger partial charge in [0, 0.05) is 22.2 Å². The molecule has 3 aromatic carbocycles. The Morgan fingerprint density at radius 2 is 1.39 bits per heavy atom. The largest absolute Gasteiger partial charge is 0.493 e. The molecule has 1 aliphatic rings. The molecular formula is C50H64N6O2S. The molecule has 59 heavy (non-hydrogen) atoms. The molecule has 0 saturated carbocycles. The van der Waals surface area contributed by atoms with Crippen LogP contribution in [-0.2, 0) is 4.74 Å². The van der Waals surface area contributed by atoms with E-state index in [0.29, 0.717) is 24.7 Å². The number of ether oxygens (including phenoxy) is 2. The molecule has 0 fully saturated rings. The number of fused-ring (bicyclic) bond motifs is 2. The lowest BCUT2D eigenvalue weighted by Crippen LogP contribution is -2.29. The Morgan fingerprint density at radius 1 is 0.712 bits per heavy atom. The third-order valence-electron chi connectivity index (χ3n) is 10.4. The highest BCUT2D eigenvalue weighted by Gasteiger charge is 2.28. The summed E-state index contributed by atoms with van der Waals surface area (Å²) < 4.78 is 13.8. The number of hydrogen-bond donors (Lipinski definition) is 0. The molecule has 0 saturated heterocycles. The Hall–Kier alpha value is -4.89. The summed E-state index contributed by atoms with van der Waals surface area (Å²) >= 11 is 1.81. The summed E-state index contributed by atoms with van der Waals surface area (Å²) in [5, 5.41) is 16.6. The van der Waals surface area contributed by atoms with Crippen molar-refractivity contribution in [2.45, 2.75) is 123 Å². The first-order chi connectivity index (χ1) is 28.9. The topological polar surface area (TPSA) is 77.1 Å². The number of allylic oxidation sites excluding steroid dienone is 3. The molecule has 312 valence electrons. The average molecular weight is 813 g/mol. The van der Waals surface area contributed by atoms with Crippen LogP contribution >= 0.6 is 11.8 Å². The molecule has 0 atom stereocenters. The number of rotatable bonds is 23.